The van der Waals surface area contributed by atoms with E-state index in [-0.39, 0.29) is 0 Å². The topological polar surface area (TPSA) is 24.4 Å². The van der Waals surface area contributed by atoms with Gasteiger partial charge in [-0.25, -0.2) is 0 Å². The molecule has 0 fully saturated rings. The van der Waals surface area contributed by atoms with E-state index in [4.69, 9.17) is 0 Å². The van der Waals surface area contributed by atoms with Gasteiger partial charge in [0.05, 0.1) is 0 Å². The van der Waals surface area contributed by atoms with Crippen LogP contribution in [-0.4, -0.2) is 13.3 Å². The molecular formula is C11H20N2. The van der Waals surface area contributed by atoms with Gasteiger partial charge >= 0.3 is 0 Å². The van der Waals surface area contributed by atoms with Crippen LogP contribution in [0.1, 0.15) is 33.6 Å². The molecule has 2 heteroatoms. The van der Waals surface area contributed by atoms with E-state index in [0.29, 0.717) is 0 Å². The van der Waals surface area contributed by atoms with E-state index in [9.17, 15) is 0 Å². The zero-order valence-corrected chi connectivity index (χ0v) is 9.09. The van der Waals surface area contributed by atoms with Gasteiger partial charge in [-0.3, -0.25) is 0 Å². The second kappa shape index (κ2) is 7.59. The van der Waals surface area contributed by atoms with Gasteiger partial charge in [0.25, 0.3) is 0 Å². The maximum Gasteiger partial charge on any atom is 0.0467 e. The zero-order valence-electron chi connectivity index (χ0n) is 9.09. The first-order chi connectivity index (χ1) is 6.16. The molecule has 0 aliphatic rings. The molecule has 0 amide bonds. The number of hydrogen-bond acceptors (Lipinski definition) is 2. The van der Waals surface area contributed by atoms with Crippen LogP contribution in [0, 0.1) is 0 Å². The highest BCUT2D eigenvalue weighted by molar-refractivity contribution is 5.71. The van der Waals surface area contributed by atoms with Gasteiger partial charge in [0.2, 0.25) is 0 Å². The number of hydrazone groups is 1. The molecule has 13 heavy (non-hydrogen) atoms. The van der Waals surface area contributed by atoms with E-state index in [2.05, 4.69) is 37.4 Å². The van der Waals surface area contributed by atoms with Crippen molar-refractivity contribution in [3.05, 3.63) is 23.3 Å². The van der Waals surface area contributed by atoms with E-state index in [0.717, 1.165) is 12.8 Å². The van der Waals surface area contributed by atoms with Crippen LogP contribution in [-0.2, 0) is 0 Å². The molecule has 2 nitrogen and oxygen atoms in total. The maximum atomic E-state index is 3.89. The molecule has 0 radical (unpaired) electrons. The molecule has 0 unspecified atom stereocenters. The predicted molar refractivity (Wildman–Crippen MR) is 60.0 cm³/mol. The van der Waals surface area contributed by atoms with Gasteiger partial charge in [-0.05, 0) is 39.7 Å². The highest BCUT2D eigenvalue weighted by Gasteiger charge is 1.86. The molecule has 0 spiro atoms. The van der Waals surface area contributed by atoms with Crippen LogP contribution >= 0.6 is 0 Å². The second-order valence-electron chi connectivity index (χ2n) is 3.33. The fourth-order valence-electron chi connectivity index (χ4n) is 0.911. The molecule has 0 aliphatic carbocycles. The van der Waals surface area contributed by atoms with E-state index < -0.39 is 0 Å². The van der Waals surface area contributed by atoms with Gasteiger partial charge in [0.1, 0.15) is 0 Å². The summed E-state index contributed by atoms with van der Waals surface area (Å²) in [5.41, 5.74) is 5.45. The van der Waals surface area contributed by atoms with Gasteiger partial charge in [0.15, 0.2) is 0 Å². The molecule has 0 rings (SSSR count). The third kappa shape index (κ3) is 8.86. The Balaban J connectivity index is 3.73. The molecule has 1 N–H and O–H groups in total. The normalized spacial score (nSPS) is 11.8. The number of hydrogen-bond donors (Lipinski definition) is 1. The maximum absolute atomic E-state index is 3.89. The SMILES string of the molecule is CNN=CC=C(C)CCC=C(C)C. The lowest BCUT2D eigenvalue weighted by Crippen LogP contribution is -1.92. The molecule has 0 atom stereocenters. The average molecular weight is 180 g/mol. The van der Waals surface area contributed by atoms with Crippen molar-refractivity contribution in [3.8, 4) is 0 Å². The molecule has 74 valence electrons. The van der Waals surface area contributed by atoms with Crippen molar-refractivity contribution in [2.45, 2.75) is 33.6 Å². The Bertz CT molecular complexity index is 208. The highest BCUT2D eigenvalue weighted by Crippen LogP contribution is 2.05. The second-order valence-corrected chi connectivity index (χ2v) is 3.33. The molecular weight excluding hydrogens is 160 g/mol. The number of nitrogens with zero attached hydrogens (tertiary/aromatic N) is 1. The molecule has 0 aliphatic heterocycles. The van der Waals surface area contributed by atoms with Crippen molar-refractivity contribution in [1.82, 2.24) is 5.43 Å². The number of rotatable bonds is 5. The summed E-state index contributed by atoms with van der Waals surface area (Å²) in [4.78, 5) is 0. The van der Waals surface area contributed by atoms with Gasteiger partial charge < -0.3 is 5.43 Å². The van der Waals surface area contributed by atoms with E-state index >= 15 is 0 Å². The van der Waals surface area contributed by atoms with Crippen LogP contribution in [0.25, 0.3) is 0 Å². The lowest BCUT2D eigenvalue weighted by atomic mass is 10.1. The molecule has 0 saturated heterocycles. The van der Waals surface area contributed by atoms with Crippen molar-refractivity contribution in [2.75, 3.05) is 7.05 Å². The molecule has 0 heterocycles. The minimum Gasteiger partial charge on any atom is -0.313 e. The van der Waals surface area contributed by atoms with Gasteiger partial charge in [-0.2, -0.15) is 5.10 Å². The molecule has 0 bridgehead atoms. The summed E-state index contributed by atoms with van der Waals surface area (Å²) in [6, 6.07) is 0. The molecule has 0 aromatic heterocycles. The van der Waals surface area contributed by atoms with Crippen LogP contribution in [0.5, 0.6) is 0 Å². The third-order valence-corrected chi connectivity index (χ3v) is 1.65. The van der Waals surface area contributed by atoms with Gasteiger partial charge in [-0.15, -0.1) is 0 Å². The van der Waals surface area contributed by atoms with Crippen LogP contribution < -0.4 is 5.43 Å². The smallest absolute Gasteiger partial charge is 0.0467 e. The first-order valence-corrected chi connectivity index (χ1v) is 4.65. The molecule has 0 saturated carbocycles. The molecule has 0 aromatic rings. The monoisotopic (exact) mass is 180 g/mol. The predicted octanol–water partition coefficient (Wildman–Crippen LogP) is 2.88. The zero-order chi connectivity index (χ0) is 10.1. The van der Waals surface area contributed by atoms with Gasteiger partial charge in [0, 0.05) is 13.3 Å². The standard InChI is InChI=1S/C11H20N2/c1-10(2)6-5-7-11(3)8-9-13-12-4/h6,8-9,12H,5,7H2,1-4H3. The fourth-order valence-corrected chi connectivity index (χ4v) is 0.911. The lowest BCUT2D eigenvalue weighted by Gasteiger charge is -1.96. The van der Waals surface area contributed by atoms with Crippen molar-refractivity contribution in [1.29, 1.82) is 0 Å². The Morgan fingerprint density at radius 1 is 1.31 bits per heavy atom. The highest BCUT2D eigenvalue weighted by atomic mass is 15.3. The van der Waals surface area contributed by atoms with E-state index in [1.807, 2.05) is 6.08 Å². The lowest BCUT2D eigenvalue weighted by molar-refractivity contribution is 0.907. The number of nitrogens with one attached hydrogen (secondary N) is 1. The summed E-state index contributed by atoms with van der Waals surface area (Å²) in [7, 11) is 1.79. The Hall–Kier alpha value is -1.05. The summed E-state index contributed by atoms with van der Waals surface area (Å²) < 4.78 is 0. The largest absolute Gasteiger partial charge is 0.313 e. The van der Waals surface area contributed by atoms with Crippen LogP contribution in [0.3, 0.4) is 0 Å². The van der Waals surface area contributed by atoms with E-state index in [1.54, 1.807) is 13.3 Å². The number of allylic oxidation sites excluding steroid dienone is 4. The quantitative estimate of drug-likeness (QED) is 0.392. The Labute approximate surface area is 81.4 Å². The summed E-state index contributed by atoms with van der Waals surface area (Å²) >= 11 is 0. The minimum atomic E-state index is 1.11. The Kier molecular flexibility index (Phi) is 6.98. The van der Waals surface area contributed by atoms with Crippen LogP contribution in [0.2, 0.25) is 0 Å². The molecule has 0 aromatic carbocycles. The van der Waals surface area contributed by atoms with Crippen LogP contribution in [0.4, 0.5) is 0 Å². The minimum absolute atomic E-state index is 1.11. The Morgan fingerprint density at radius 2 is 2.00 bits per heavy atom. The Morgan fingerprint density at radius 3 is 2.54 bits per heavy atom. The fraction of sp³-hybridized carbons (Fsp3) is 0.545. The van der Waals surface area contributed by atoms with Crippen molar-refractivity contribution >= 4 is 6.21 Å². The van der Waals surface area contributed by atoms with Gasteiger partial charge in [-0.1, -0.05) is 17.2 Å². The first-order valence-electron chi connectivity index (χ1n) is 4.65. The summed E-state index contributed by atoms with van der Waals surface area (Å²) in [5.74, 6) is 0. The van der Waals surface area contributed by atoms with Crippen LogP contribution in [0.15, 0.2) is 28.4 Å². The van der Waals surface area contributed by atoms with Crippen molar-refractivity contribution < 1.29 is 0 Å². The average Bonchev–Trinajstić information content (AvgIpc) is 2.04. The van der Waals surface area contributed by atoms with E-state index in [1.165, 1.54) is 11.1 Å². The third-order valence-electron chi connectivity index (χ3n) is 1.65. The summed E-state index contributed by atoms with van der Waals surface area (Å²) in [6.07, 6.45) is 8.32. The first kappa shape index (κ1) is 11.9. The summed E-state index contributed by atoms with van der Waals surface area (Å²) in [6.45, 7) is 6.38. The van der Waals surface area contributed by atoms with Crippen molar-refractivity contribution in [2.24, 2.45) is 5.10 Å². The summed E-state index contributed by atoms with van der Waals surface area (Å²) in [5, 5.41) is 3.89. The van der Waals surface area contributed by atoms with Crippen molar-refractivity contribution in [3.63, 3.8) is 0 Å².